The first-order chi connectivity index (χ1) is 6.81. The van der Waals surface area contributed by atoms with Gasteiger partial charge in [0.15, 0.2) is 0 Å². The normalized spacial score (nSPS) is 26.7. The number of hydrogen-bond acceptors (Lipinski definition) is 3. The van der Waals surface area contributed by atoms with Gasteiger partial charge < -0.3 is 5.11 Å². The van der Waals surface area contributed by atoms with Crippen LogP contribution in [0.2, 0.25) is 0 Å². The summed E-state index contributed by atoms with van der Waals surface area (Å²) in [5.41, 5.74) is 7.04. The summed E-state index contributed by atoms with van der Waals surface area (Å²) in [6.45, 7) is 0.862. The summed E-state index contributed by atoms with van der Waals surface area (Å²) in [4.78, 5) is 0. The van der Waals surface area contributed by atoms with E-state index in [2.05, 4.69) is 10.9 Å². The first-order valence-electron chi connectivity index (χ1n) is 4.66. The lowest BCUT2D eigenvalue weighted by Crippen LogP contribution is -2.25. The van der Waals surface area contributed by atoms with Crippen LogP contribution < -0.4 is 10.9 Å². The van der Waals surface area contributed by atoms with Gasteiger partial charge in [-0.05, 0) is 17.7 Å². The highest BCUT2D eigenvalue weighted by Gasteiger charge is 2.27. The summed E-state index contributed by atoms with van der Waals surface area (Å²) < 4.78 is 12.7. The van der Waals surface area contributed by atoms with E-state index in [0.29, 0.717) is 0 Å². The summed E-state index contributed by atoms with van der Waals surface area (Å²) >= 11 is 0. The number of hydrazine groups is 1. The summed E-state index contributed by atoms with van der Waals surface area (Å²) in [5.74, 6) is -0.0827. The Bertz CT molecular complexity index is 301. The molecule has 14 heavy (non-hydrogen) atoms. The maximum atomic E-state index is 12.7. The lowest BCUT2D eigenvalue weighted by atomic mass is 9.96. The van der Waals surface area contributed by atoms with E-state index in [1.54, 1.807) is 12.1 Å². The van der Waals surface area contributed by atoms with Crippen LogP contribution in [0.3, 0.4) is 0 Å². The smallest absolute Gasteiger partial charge is 0.123 e. The Hall–Kier alpha value is -0.970. The number of aliphatic hydroxyl groups is 1. The molecule has 1 heterocycles. The molecule has 1 aromatic rings. The molecule has 1 aromatic carbocycles. The van der Waals surface area contributed by atoms with Crippen molar-refractivity contribution in [2.24, 2.45) is 5.92 Å². The summed E-state index contributed by atoms with van der Waals surface area (Å²) in [6.07, 6.45) is 0. The monoisotopic (exact) mass is 196 g/mol. The fourth-order valence-electron chi connectivity index (χ4n) is 1.73. The maximum absolute atomic E-state index is 12.7. The largest absolute Gasteiger partial charge is 0.396 e. The second-order valence-electron chi connectivity index (χ2n) is 3.50. The van der Waals surface area contributed by atoms with E-state index < -0.39 is 0 Å². The molecule has 3 N–H and O–H groups in total. The first kappa shape index (κ1) is 9.58. The minimum absolute atomic E-state index is 0.0700. The van der Waals surface area contributed by atoms with Crippen LogP contribution in [-0.2, 0) is 0 Å². The predicted octanol–water partition coefficient (Wildman–Crippen LogP) is 0.583. The molecule has 0 aromatic heterocycles. The average Bonchev–Trinajstić information content (AvgIpc) is 2.67. The van der Waals surface area contributed by atoms with Crippen molar-refractivity contribution in [3.8, 4) is 0 Å². The van der Waals surface area contributed by atoms with Crippen molar-refractivity contribution in [1.29, 1.82) is 0 Å². The zero-order chi connectivity index (χ0) is 9.97. The van der Waals surface area contributed by atoms with Crippen molar-refractivity contribution < 1.29 is 9.50 Å². The van der Waals surface area contributed by atoms with Gasteiger partial charge in [-0.3, -0.25) is 5.43 Å². The van der Waals surface area contributed by atoms with E-state index in [1.165, 1.54) is 12.1 Å². The molecular formula is C10H13FN2O. The Kier molecular flexibility index (Phi) is 2.77. The van der Waals surface area contributed by atoms with E-state index in [1.807, 2.05) is 0 Å². The SMILES string of the molecule is OCC1CNNC1c1ccc(F)cc1. The third-order valence-corrected chi connectivity index (χ3v) is 2.56. The molecule has 1 aliphatic rings. The Balaban J connectivity index is 2.17. The van der Waals surface area contributed by atoms with Crippen LogP contribution in [0.25, 0.3) is 0 Å². The van der Waals surface area contributed by atoms with Gasteiger partial charge in [-0.15, -0.1) is 0 Å². The second-order valence-corrected chi connectivity index (χ2v) is 3.50. The lowest BCUT2D eigenvalue weighted by molar-refractivity contribution is 0.222. The fraction of sp³-hybridized carbons (Fsp3) is 0.400. The molecule has 0 bridgehead atoms. The Labute approximate surface area is 81.9 Å². The standard InChI is InChI=1S/C10H13FN2O/c11-9-3-1-7(2-4-9)10-8(6-14)5-12-13-10/h1-4,8,10,12-14H,5-6H2. The van der Waals surface area contributed by atoms with Gasteiger partial charge in [0.05, 0.1) is 6.04 Å². The summed E-state index contributed by atoms with van der Waals surface area (Å²) in [5, 5.41) is 9.10. The van der Waals surface area contributed by atoms with Crippen LogP contribution in [0.4, 0.5) is 4.39 Å². The predicted molar refractivity (Wildman–Crippen MR) is 50.9 cm³/mol. The Morgan fingerprint density at radius 2 is 2.07 bits per heavy atom. The molecular weight excluding hydrogens is 183 g/mol. The van der Waals surface area contributed by atoms with Crippen LogP contribution in [0.15, 0.2) is 24.3 Å². The molecule has 0 spiro atoms. The van der Waals surface area contributed by atoms with Gasteiger partial charge in [0.2, 0.25) is 0 Å². The van der Waals surface area contributed by atoms with Crippen LogP contribution in [0.5, 0.6) is 0 Å². The molecule has 2 rings (SSSR count). The highest BCUT2D eigenvalue weighted by atomic mass is 19.1. The maximum Gasteiger partial charge on any atom is 0.123 e. The van der Waals surface area contributed by atoms with Crippen molar-refractivity contribution in [2.75, 3.05) is 13.2 Å². The number of hydrogen-bond donors (Lipinski definition) is 3. The van der Waals surface area contributed by atoms with Gasteiger partial charge in [-0.25, -0.2) is 9.82 Å². The van der Waals surface area contributed by atoms with Gasteiger partial charge in [-0.2, -0.15) is 0 Å². The van der Waals surface area contributed by atoms with E-state index in [4.69, 9.17) is 5.11 Å². The lowest BCUT2D eigenvalue weighted by Gasteiger charge is -2.16. The first-order valence-corrected chi connectivity index (χ1v) is 4.66. The second kappa shape index (κ2) is 4.04. The highest BCUT2D eigenvalue weighted by molar-refractivity contribution is 5.21. The molecule has 0 saturated carbocycles. The molecule has 2 atom stereocenters. The number of halogens is 1. The third-order valence-electron chi connectivity index (χ3n) is 2.56. The molecule has 1 aliphatic heterocycles. The number of benzene rings is 1. The van der Waals surface area contributed by atoms with E-state index in [0.717, 1.165) is 12.1 Å². The quantitative estimate of drug-likeness (QED) is 0.648. The number of nitrogens with one attached hydrogen (secondary N) is 2. The third kappa shape index (κ3) is 1.77. The highest BCUT2D eigenvalue weighted by Crippen LogP contribution is 2.24. The molecule has 4 heteroatoms. The van der Waals surface area contributed by atoms with Gasteiger partial charge >= 0.3 is 0 Å². The van der Waals surface area contributed by atoms with Crippen molar-refractivity contribution in [3.63, 3.8) is 0 Å². The minimum Gasteiger partial charge on any atom is -0.396 e. The van der Waals surface area contributed by atoms with Crippen LogP contribution in [-0.4, -0.2) is 18.3 Å². The molecule has 0 amide bonds. The fourth-order valence-corrected chi connectivity index (χ4v) is 1.73. The zero-order valence-corrected chi connectivity index (χ0v) is 7.70. The van der Waals surface area contributed by atoms with Gasteiger partial charge in [0.1, 0.15) is 5.82 Å². The molecule has 2 unspecified atom stereocenters. The van der Waals surface area contributed by atoms with Crippen LogP contribution in [0.1, 0.15) is 11.6 Å². The van der Waals surface area contributed by atoms with E-state index in [-0.39, 0.29) is 24.4 Å². The van der Waals surface area contributed by atoms with Crippen molar-refractivity contribution in [1.82, 2.24) is 10.9 Å². The molecule has 3 nitrogen and oxygen atoms in total. The van der Waals surface area contributed by atoms with Crippen molar-refractivity contribution >= 4 is 0 Å². The molecule has 76 valence electrons. The molecule has 1 fully saturated rings. The van der Waals surface area contributed by atoms with Gasteiger partial charge in [0, 0.05) is 19.1 Å². The Morgan fingerprint density at radius 3 is 2.71 bits per heavy atom. The Morgan fingerprint density at radius 1 is 1.36 bits per heavy atom. The topological polar surface area (TPSA) is 44.3 Å². The van der Waals surface area contributed by atoms with Crippen LogP contribution >= 0.6 is 0 Å². The van der Waals surface area contributed by atoms with E-state index >= 15 is 0 Å². The molecule has 0 radical (unpaired) electrons. The van der Waals surface area contributed by atoms with Gasteiger partial charge in [-0.1, -0.05) is 12.1 Å². The van der Waals surface area contributed by atoms with E-state index in [9.17, 15) is 4.39 Å². The summed E-state index contributed by atoms with van der Waals surface area (Å²) in [6, 6.07) is 6.42. The molecule has 0 aliphatic carbocycles. The summed E-state index contributed by atoms with van der Waals surface area (Å²) in [7, 11) is 0. The van der Waals surface area contributed by atoms with Gasteiger partial charge in [0.25, 0.3) is 0 Å². The number of aliphatic hydroxyl groups excluding tert-OH is 1. The van der Waals surface area contributed by atoms with Crippen LogP contribution in [0, 0.1) is 11.7 Å². The number of rotatable bonds is 2. The average molecular weight is 196 g/mol. The minimum atomic E-state index is -0.236. The van der Waals surface area contributed by atoms with Crippen molar-refractivity contribution in [3.05, 3.63) is 35.6 Å². The zero-order valence-electron chi connectivity index (χ0n) is 7.70. The molecule has 1 saturated heterocycles. The van der Waals surface area contributed by atoms with Crippen molar-refractivity contribution in [2.45, 2.75) is 6.04 Å².